The van der Waals surface area contributed by atoms with Crippen LogP contribution in [0.2, 0.25) is 0 Å². The Balaban J connectivity index is 1.83. The summed E-state index contributed by atoms with van der Waals surface area (Å²) in [4.78, 5) is 28.2. The molecular weight excluding hydrogens is 292 g/mol. The van der Waals surface area contributed by atoms with E-state index in [0.29, 0.717) is 13.1 Å². The molecule has 0 radical (unpaired) electrons. The van der Waals surface area contributed by atoms with Gasteiger partial charge in [-0.2, -0.15) is 0 Å². The second kappa shape index (κ2) is 5.54. The van der Waals surface area contributed by atoms with Gasteiger partial charge in [0.15, 0.2) is 10.7 Å². The van der Waals surface area contributed by atoms with Crippen molar-refractivity contribution >= 4 is 33.4 Å². The normalized spacial score (nSPS) is 25.2. The van der Waals surface area contributed by atoms with Gasteiger partial charge in [0.1, 0.15) is 0 Å². The fourth-order valence-electron chi connectivity index (χ4n) is 2.34. The van der Waals surface area contributed by atoms with Gasteiger partial charge in [-0.3, -0.25) is 9.59 Å². The molecule has 0 unspecified atom stereocenters. The van der Waals surface area contributed by atoms with Crippen molar-refractivity contribution in [2.24, 2.45) is 0 Å². The molecule has 3 aliphatic rings. The quantitative estimate of drug-likeness (QED) is 0.631. The van der Waals surface area contributed by atoms with Crippen molar-refractivity contribution < 1.29 is 9.59 Å². The predicted molar refractivity (Wildman–Crippen MR) is 81.7 cm³/mol. The first-order valence-electron chi connectivity index (χ1n) is 6.30. The first-order chi connectivity index (χ1) is 9.72. The van der Waals surface area contributed by atoms with Crippen LogP contribution in [0.1, 0.15) is 5.56 Å². The zero-order valence-electron chi connectivity index (χ0n) is 10.8. The Kier molecular flexibility index (Phi) is 3.76. The van der Waals surface area contributed by atoms with Crippen LogP contribution in [-0.4, -0.2) is 38.9 Å². The van der Waals surface area contributed by atoms with Crippen molar-refractivity contribution in [2.45, 2.75) is 17.3 Å². The molecule has 0 saturated carbocycles. The lowest BCUT2D eigenvalue weighted by atomic mass is 10.2. The Bertz CT molecular complexity index is 549. The maximum atomic E-state index is 12.5. The summed E-state index contributed by atoms with van der Waals surface area (Å²) >= 11 is 0. The fourth-order valence-corrected chi connectivity index (χ4v) is 5.31. The molecule has 0 N–H and O–H groups in total. The van der Waals surface area contributed by atoms with Gasteiger partial charge in [0.05, 0.1) is 0 Å². The third kappa shape index (κ3) is 2.23. The zero-order valence-corrected chi connectivity index (χ0v) is 12.4. The number of piperazine rings is 1. The summed E-state index contributed by atoms with van der Waals surface area (Å²) < 4.78 is 0. The molecule has 2 bridgehead atoms. The highest BCUT2D eigenvalue weighted by Gasteiger charge is 2.51. The number of rotatable bonds is 4. The van der Waals surface area contributed by atoms with Gasteiger partial charge in [0.2, 0.25) is 0 Å². The summed E-state index contributed by atoms with van der Waals surface area (Å²) in [5.74, 6) is 0.0261. The first-order valence-corrected chi connectivity index (χ1v) is 8.58. The Morgan fingerprint density at radius 3 is 2.30 bits per heavy atom. The molecule has 3 fully saturated rings. The molecule has 2 amide bonds. The van der Waals surface area contributed by atoms with E-state index < -0.39 is 10.7 Å². The van der Waals surface area contributed by atoms with Gasteiger partial charge in [-0.1, -0.05) is 58.0 Å². The SMILES string of the molecule is C=CCN1C(=O)[C@@H]2SS[C@H]1C(=O)N2Cc1ccccc1. The number of hydrogen-bond donors (Lipinski definition) is 0. The van der Waals surface area contributed by atoms with Crippen molar-refractivity contribution in [1.82, 2.24) is 9.80 Å². The molecule has 104 valence electrons. The number of amides is 2. The highest BCUT2D eigenvalue weighted by Crippen LogP contribution is 2.46. The lowest BCUT2D eigenvalue weighted by Crippen LogP contribution is -2.64. The number of carbonyl (C=O) groups excluding carboxylic acids is 2. The van der Waals surface area contributed by atoms with E-state index in [0.717, 1.165) is 5.56 Å². The molecule has 3 aliphatic heterocycles. The molecule has 20 heavy (non-hydrogen) atoms. The maximum absolute atomic E-state index is 12.5. The molecule has 6 heteroatoms. The Hall–Kier alpha value is -1.40. The Labute approximate surface area is 125 Å². The molecule has 1 aromatic carbocycles. The molecule has 0 aliphatic carbocycles. The molecule has 2 atom stereocenters. The van der Waals surface area contributed by atoms with E-state index >= 15 is 0 Å². The molecule has 3 saturated heterocycles. The van der Waals surface area contributed by atoms with Gasteiger partial charge >= 0.3 is 0 Å². The van der Waals surface area contributed by atoms with E-state index in [9.17, 15) is 9.59 Å². The highest BCUT2D eigenvalue weighted by molar-refractivity contribution is 8.77. The molecule has 0 aromatic heterocycles. The summed E-state index contributed by atoms with van der Waals surface area (Å²) in [5.41, 5.74) is 1.04. The third-order valence-corrected chi connectivity index (χ3v) is 6.13. The molecule has 1 aromatic rings. The monoisotopic (exact) mass is 306 g/mol. The minimum atomic E-state index is -0.419. The molecular formula is C14H14N2O2S2. The Morgan fingerprint density at radius 2 is 1.65 bits per heavy atom. The van der Waals surface area contributed by atoms with E-state index in [-0.39, 0.29) is 11.8 Å². The number of carbonyl (C=O) groups is 2. The summed E-state index contributed by atoms with van der Waals surface area (Å²) in [7, 11) is 2.95. The minimum Gasteiger partial charge on any atom is -0.315 e. The second-order valence-corrected chi connectivity index (χ2v) is 7.06. The van der Waals surface area contributed by atoms with Gasteiger partial charge in [-0.15, -0.1) is 6.58 Å². The summed E-state index contributed by atoms with van der Waals surface area (Å²) in [5, 5.41) is -0.836. The lowest BCUT2D eigenvalue weighted by molar-refractivity contribution is -0.153. The fraction of sp³-hybridized carbons (Fsp3) is 0.286. The number of hydrogen-bond acceptors (Lipinski definition) is 4. The standard InChI is InChI=1S/C14H14N2O2S2/c1-2-8-15-11(17)14-16(12(18)13(15)19-20-14)9-10-6-4-3-5-7-10/h2-7,13-14H,1,8-9H2/t13-,14-/m0/s1. The smallest absolute Gasteiger partial charge is 0.258 e. The van der Waals surface area contributed by atoms with Crippen molar-refractivity contribution in [3.8, 4) is 0 Å². The summed E-state index contributed by atoms with van der Waals surface area (Å²) in [6, 6.07) is 9.76. The lowest BCUT2D eigenvalue weighted by Gasteiger charge is -2.48. The molecule has 4 rings (SSSR count). The van der Waals surface area contributed by atoms with Crippen molar-refractivity contribution in [3.63, 3.8) is 0 Å². The van der Waals surface area contributed by atoms with Gasteiger partial charge in [-0.25, -0.2) is 0 Å². The average Bonchev–Trinajstić information content (AvgIpc) is 2.47. The Morgan fingerprint density at radius 1 is 1.05 bits per heavy atom. The van der Waals surface area contributed by atoms with Crippen LogP contribution >= 0.6 is 21.6 Å². The van der Waals surface area contributed by atoms with Crippen LogP contribution in [0.4, 0.5) is 0 Å². The number of nitrogens with zero attached hydrogens (tertiary/aromatic N) is 2. The maximum Gasteiger partial charge on any atom is 0.258 e. The summed E-state index contributed by atoms with van der Waals surface area (Å²) in [6.45, 7) is 4.57. The van der Waals surface area contributed by atoms with Crippen LogP contribution in [0.15, 0.2) is 43.0 Å². The van der Waals surface area contributed by atoms with Crippen LogP contribution in [0.5, 0.6) is 0 Å². The van der Waals surface area contributed by atoms with E-state index in [1.54, 1.807) is 15.9 Å². The predicted octanol–water partition coefficient (Wildman–Crippen LogP) is 2.09. The van der Waals surface area contributed by atoms with Crippen molar-refractivity contribution in [1.29, 1.82) is 0 Å². The van der Waals surface area contributed by atoms with Crippen LogP contribution in [-0.2, 0) is 16.1 Å². The number of fused-ring (bicyclic) bond motifs is 3. The molecule has 4 nitrogen and oxygen atoms in total. The average molecular weight is 306 g/mol. The van der Waals surface area contributed by atoms with Crippen molar-refractivity contribution in [2.75, 3.05) is 6.54 Å². The van der Waals surface area contributed by atoms with Crippen LogP contribution in [0.3, 0.4) is 0 Å². The van der Waals surface area contributed by atoms with Crippen LogP contribution in [0.25, 0.3) is 0 Å². The van der Waals surface area contributed by atoms with Gasteiger partial charge in [0.25, 0.3) is 11.8 Å². The van der Waals surface area contributed by atoms with Crippen LogP contribution < -0.4 is 0 Å². The minimum absolute atomic E-state index is 0.00850. The molecule has 3 heterocycles. The molecule has 0 spiro atoms. The highest BCUT2D eigenvalue weighted by atomic mass is 33.1. The summed E-state index contributed by atoms with van der Waals surface area (Å²) in [6.07, 6.45) is 1.67. The van der Waals surface area contributed by atoms with E-state index in [4.69, 9.17) is 0 Å². The van der Waals surface area contributed by atoms with Crippen LogP contribution in [0, 0.1) is 0 Å². The topological polar surface area (TPSA) is 40.6 Å². The third-order valence-electron chi connectivity index (χ3n) is 3.31. The van der Waals surface area contributed by atoms with E-state index in [1.165, 1.54) is 21.6 Å². The zero-order chi connectivity index (χ0) is 14.1. The first kappa shape index (κ1) is 13.6. The van der Waals surface area contributed by atoms with E-state index in [1.807, 2.05) is 30.3 Å². The van der Waals surface area contributed by atoms with Gasteiger partial charge in [0, 0.05) is 13.1 Å². The van der Waals surface area contributed by atoms with Gasteiger partial charge < -0.3 is 9.80 Å². The number of benzene rings is 1. The van der Waals surface area contributed by atoms with E-state index in [2.05, 4.69) is 6.58 Å². The second-order valence-electron chi connectivity index (χ2n) is 4.63. The van der Waals surface area contributed by atoms with Crippen molar-refractivity contribution in [3.05, 3.63) is 48.6 Å². The largest absolute Gasteiger partial charge is 0.315 e. The van der Waals surface area contributed by atoms with Gasteiger partial charge in [-0.05, 0) is 5.56 Å².